The van der Waals surface area contributed by atoms with Crippen LogP contribution in [0.5, 0.6) is 0 Å². The van der Waals surface area contributed by atoms with Crippen molar-refractivity contribution in [2.24, 2.45) is 5.92 Å². The zero-order valence-electron chi connectivity index (χ0n) is 13.7. The van der Waals surface area contributed by atoms with E-state index >= 15 is 0 Å². The molecule has 2 rings (SSSR count). The largest absolute Gasteiger partial charge is 0.481 e. The van der Waals surface area contributed by atoms with E-state index in [-0.39, 0.29) is 28.3 Å². The van der Waals surface area contributed by atoms with E-state index in [9.17, 15) is 28.4 Å². The molecule has 8 nitrogen and oxygen atoms in total. The minimum Gasteiger partial charge on any atom is -0.481 e. The Morgan fingerprint density at radius 2 is 1.88 bits per heavy atom. The Morgan fingerprint density at radius 1 is 1.33 bits per heavy atom. The fourth-order valence-corrected chi connectivity index (χ4v) is 5.46. The highest BCUT2D eigenvalue weighted by Gasteiger charge is 2.40. The van der Waals surface area contributed by atoms with Crippen molar-refractivity contribution in [1.82, 2.24) is 4.31 Å². The Bertz CT molecular complexity index is 766. The Labute approximate surface area is 140 Å². The van der Waals surface area contributed by atoms with Crippen LogP contribution in [0.15, 0.2) is 17.0 Å². The van der Waals surface area contributed by atoms with Gasteiger partial charge in [0.1, 0.15) is 0 Å². The van der Waals surface area contributed by atoms with E-state index in [0.29, 0.717) is 12.8 Å². The summed E-state index contributed by atoms with van der Waals surface area (Å²) in [5.41, 5.74) is 0.400. The standard InChI is InChI=1S/C15H20N2O6S/c1-9-7-12(17(20)21)8-10(2)14(9)24(22,23)16-6-4-5-13(11(16)3)15(18)19/h7-8,11,13H,4-6H2,1-3H3,(H,18,19)/t11-,13-/m1/s1. The van der Waals surface area contributed by atoms with E-state index < -0.39 is 32.9 Å². The van der Waals surface area contributed by atoms with Crippen LogP contribution in [0.25, 0.3) is 0 Å². The molecule has 0 unspecified atom stereocenters. The predicted octanol–water partition coefficient (Wildman–Crippen LogP) is 2.09. The van der Waals surface area contributed by atoms with E-state index in [2.05, 4.69) is 0 Å². The number of non-ortho nitro benzene ring substituents is 1. The maximum atomic E-state index is 13.1. The third-order valence-corrected chi connectivity index (χ3v) is 6.76. The van der Waals surface area contributed by atoms with Gasteiger partial charge in [-0.3, -0.25) is 14.9 Å². The number of aryl methyl sites for hydroxylation is 2. The van der Waals surface area contributed by atoms with Crippen LogP contribution in [-0.4, -0.2) is 41.3 Å². The van der Waals surface area contributed by atoms with Crippen LogP contribution in [0.3, 0.4) is 0 Å². The summed E-state index contributed by atoms with van der Waals surface area (Å²) in [6, 6.07) is 1.78. The Hall–Kier alpha value is -2.00. The molecule has 1 saturated heterocycles. The molecule has 2 atom stereocenters. The highest BCUT2D eigenvalue weighted by molar-refractivity contribution is 7.89. The van der Waals surface area contributed by atoms with Crippen molar-refractivity contribution < 1.29 is 23.2 Å². The fourth-order valence-electron chi connectivity index (χ4n) is 3.34. The van der Waals surface area contributed by atoms with Gasteiger partial charge in [0.05, 0.1) is 15.7 Å². The minimum atomic E-state index is -3.93. The van der Waals surface area contributed by atoms with Crippen molar-refractivity contribution in [3.63, 3.8) is 0 Å². The number of hydrogen-bond donors (Lipinski definition) is 1. The topological polar surface area (TPSA) is 118 Å². The van der Waals surface area contributed by atoms with Crippen LogP contribution in [-0.2, 0) is 14.8 Å². The number of sulfonamides is 1. The lowest BCUT2D eigenvalue weighted by atomic mass is 9.92. The molecule has 1 N–H and O–H groups in total. The van der Waals surface area contributed by atoms with Gasteiger partial charge in [-0.05, 0) is 44.7 Å². The number of nitro benzene ring substituents is 1. The molecule has 1 aromatic carbocycles. The van der Waals surface area contributed by atoms with E-state index in [1.165, 1.54) is 30.3 Å². The summed E-state index contributed by atoms with van der Waals surface area (Å²) in [7, 11) is -3.93. The molecule has 0 amide bonds. The van der Waals surface area contributed by atoms with Crippen LogP contribution in [0.1, 0.15) is 30.9 Å². The third kappa shape index (κ3) is 3.13. The Kier molecular flexibility index (Phi) is 4.95. The molecular weight excluding hydrogens is 336 g/mol. The second kappa shape index (κ2) is 6.48. The summed E-state index contributed by atoms with van der Waals surface area (Å²) >= 11 is 0. The molecule has 0 aromatic heterocycles. The molecule has 0 spiro atoms. The number of hydrogen-bond acceptors (Lipinski definition) is 5. The Morgan fingerprint density at radius 3 is 2.33 bits per heavy atom. The average Bonchev–Trinajstić information content (AvgIpc) is 2.45. The number of aliphatic carboxylic acids is 1. The minimum absolute atomic E-state index is 0.0194. The van der Waals surface area contributed by atoms with Gasteiger partial charge in [0.25, 0.3) is 5.69 Å². The van der Waals surface area contributed by atoms with E-state index in [1.54, 1.807) is 6.92 Å². The normalized spacial score (nSPS) is 22.3. The van der Waals surface area contributed by atoms with Gasteiger partial charge in [0, 0.05) is 24.7 Å². The second-order valence-corrected chi connectivity index (χ2v) is 7.94. The summed E-state index contributed by atoms with van der Waals surface area (Å²) in [5, 5.41) is 20.2. The van der Waals surface area contributed by atoms with Gasteiger partial charge in [0.2, 0.25) is 10.0 Å². The van der Waals surface area contributed by atoms with E-state index in [1.807, 2.05) is 0 Å². The fraction of sp³-hybridized carbons (Fsp3) is 0.533. The van der Waals surface area contributed by atoms with Crippen molar-refractivity contribution in [3.8, 4) is 0 Å². The number of carbonyl (C=O) groups is 1. The zero-order chi connectivity index (χ0) is 18.2. The molecule has 0 radical (unpaired) electrons. The van der Waals surface area contributed by atoms with E-state index in [0.717, 1.165) is 0 Å². The first-order valence-electron chi connectivity index (χ1n) is 7.57. The lowest BCUT2D eigenvalue weighted by Crippen LogP contribution is -2.49. The molecule has 1 fully saturated rings. The number of piperidine rings is 1. The maximum Gasteiger partial charge on any atom is 0.308 e. The van der Waals surface area contributed by atoms with Crippen molar-refractivity contribution in [3.05, 3.63) is 33.4 Å². The molecule has 1 aliphatic heterocycles. The molecule has 24 heavy (non-hydrogen) atoms. The first-order chi connectivity index (χ1) is 11.1. The lowest BCUT2D eigenvalue weighted by Gasteiger charge is -2.36. The molecule has 132 valence electrons. The van der Waals surface area contributed by atoms with Crippen molar-refractivity contribution in [2.75, 3.05) is 6.54 Å². The molecule has 1 aliphatic rings. The van der Waals surface area contributed by atoms with Crippen molar-refractivity contribution in [2.45, 2.75) is 44.6 Å². The van der Waals surface area contributed by atoms with Gasteiger partial charge in [-0.25, -0.2) is 8.42 Å². The van der Waals surface area contributed by atoms with Crippen LogP contribution in [0, 0.1) is 29.9 Å². The summed E-state index contributed by atoms with van der Waals surface area (Å²) in [4.78, 5) is 21.7. The molecule has 0 bridgehead atoms. The smallest absolute Gasteiger partial charge is 0.308 e. The molecular formula is C15H20N2O6S. The van der Waals surface area contributed by atoms with Crippen molar-refractivity contribution >= 4 is 21.7 Å². The van der Waals surface area contributed by atoms with Crippen LogP contribution < -0.4 is 0 Å². The average molecular weight is 356 g/mol. The lowest BCUT2D eigenvalue weighted by molar-refractivity contribution is -0.385. The zero-order valence-corrected chi connectivity index (χ0v) is 14.5. The number of rotatable bonds is 4. The number of nitro groups is 1. The van der Waals surface area contributed by atoms with Gasteiger partial charge < -0.3 is 5.11 Å². The molecule has 1 aromatic rings. The van der Waals surface area contributed by atoms with Crippen LogP contribution in [0.4, 0.5) is 5.69 Å². The van der Waals surface area contributed by atoms with Crippen LogP contribution >= 0.6 is 0 Å². The maximum absolute atomic E-state index is 13.1. The summed E-state index contributed by atoms with van der Waals surface area (Å²) in [6.07, 6.45) is 0.895. The summed E-state index contributed by atoms with van der Waals surface area (Å²) in [6.45, 7) is 4.85. The number of nitrogens with zero attached hydrogens (tertiary/aromatic N) is 2. The van der Waals surface area contributed by atoms with E-state index in [4.69, 9.17) is 0 Å². The highest BCUT2D eigenvalue weighted by atomic mass is 32.2. The summed E-state index contributed by atoms with van der Waals surface area (Å²) < 4.78 is 27.3. The van der Waals surface area contributed by atoms with Gasteiger partial charge >= 0.3 is 5.97 Å². The number of carboxylic acids is 1. The molecule has 9 heteroatoms. The van der Waals surface area contributed by atoms with Gasteiger partial charge in [-0.2, -0.15) is 4.31 Å². The quantitative estimate of drug-likeness (QED) is 0.652. The third-order valence-electron chi connectivity index (χ3n) is 4.47. The van der Waals surface area contributed by atoms with Crippen molar-refractivity contribution in [1.29, 1.82) is 0 Å². The second-order valence-electron chi connectivity index (χ2n) is 6.11. The predicted molar refractivity (Wildman–Crippen MR) is 86.3 cm³/mol. The highest BCUT2D eigenvalue weighted by Crippen LogP contribution is 2.33. The SMILES string of the molecule is Cc1cc([N+](=O)[O-])cc(C)c1S(=O)(=O)N1CCC[C@@H](C(=O)O)[C@H]1C. The first kappa shape index (κ1) is 18.3. The van der Waals surface area contributed by atoms with Gasteiger partial charge in [-0.1, -0.05) is 0 Å². The molecule has 0 aliphatic carbocycles. The monoisotopic (exact) mass is 356 g/mol. The number of benzene rings is 1. The first-order valence-corrected chi connectivity index (χ1v) is 9.01. The van der Waals surface area contributed by atoms with Gasteiger partial charge in [0.15, 0.2) is 0 Å². The molecule has 0 saturated carbocycles. The molecule has 1 heterocycles. The van der Waals surface area contributed by atoms with Crippen LogP contribution in [0.2, 0.25) is 0 Å². The Balaban J connectivity index is 2.51. The summed E-state index contributed by atoms with van der Waals surface area (Å²) in [5.74, 6) is -1.77. The number of carboxylic acid groups (broad SMARTS) is 1. The van der Waals surface area contributed by atoms with Gasteiger partial charge in [-0.15, -0.1) is 0 Å².